The Hall–Kier alpha value is -1.51. The summed E-state index contributed by atoms with van der Waals surface area (Å²) in [6, 6.07) is 4.77. The van der Waals surface area contributed by atoms with Crippen molar-refractivity contribution in [1.29, 1.82) is 0 Å². The molecule has 3 heteroatoms. The van der Waals surface area contributed by atoms with Crippen LogP contribution >= 0.6 is 0 Å². The molecule has 1 atom stereocenters. The van der Waals surface area contributed by atoms with Crippen LogP contribution in [0.4, 0.5) is 0 Å². The van der Waals surface area contributed by atoms with Gasteiger partial charge in [-0.3, -0.25) is 4.79 Å². The number of carbonyl (C=O) groups excluding carboxylic acids is 1. The van der Waals surface area contributed by atoms with Gasteiger partial charge in [-0.05, 0) is 37.0 Å². The molecule has 0 spiro atoms. The van der Waals surface area contributed by atoms with Crippen LogP contribution in [0.3, 0.4) is 0 Å². The highest BCUT2D eigenvalue weighted by atomic mass is 16.3. The van der Waals surface area contributed by atoms with Crippen molar-refractivity contribution in [1.82, 2.24) is 0 Å². The number of benzene rings is 1. The number of phenols is 2. The lowest BCUT2D eigenvalue weighted by Gasteiger charge is -2.20. The second kappa shape index (κ2) is 4.56. The third-order valence-electron chi connectivity index (χ3n) is 3.20. The maximum Gasteiger partial charge on any atom is 0.157 e. The lowest BCUT2D eigenvalue weighted by Crippen LogP contribution is -2.20. The lowest BCUT2D eigenvalue weighted by atomic mass is 9.84. The van der Waals surface area contributed by atoms with Crippen molar-refractivity contribution in [3.8, 4) is 11.5 Å². The highest BCUT2D eigenvalue weighted by Crippen LogP contribution is 2.29. The number of Topliss-reactive ketones (excluding diaryl/α,β-unsaturated/α-hetero) is 1. The maximum absolute atomic E-state index is 11.6. The number of rotatable bonds is 2. The molecule has 86 valence electrons. The molecule has 1 aliphatic rings. The fourth-order valence-electron chi connectivity index (χ4n) is 2.25. The molecule has 0 amide bonds. The molecule has 1 fully saturated rings. The Labute approximate surface area is 94.7 Å². The van der Waals surface area contributed by atoms with Crippen molar-refractivity contribution in [2.45, 2.75) is 32.1 Å². The standard InChI is InChI=1S/C13H16O3/c14-11-4-2-1-3-10(11)7-9-5-6-12(15)13(16)8-9/h5-6,8,10,15-16H,1-4,7H2. The first-order chi connectivity index (χ1) is 7.66. The van der Waals surface area contributed by atoms with Gasteiger partial charge in [-0.15, -0.1) is 0 Å². The van der Waals surface area contributed by atoms with Crippen molar-refractivity contribution in [3.05, 3.63) is 23.8 Å². The van der Waals surface area contributed by atoms with Gasteiger partial charge in [0.15, 0.2) is 11.5 Å². The summed E-state index contributed by atoms with van der Waals surface area (Å²) < 4.78 is 0. The Balaban J connectivity index is 2.08. The minimum absolute atomic E-state index is 0.0951. The molecule has 0 aliphatic heterocycles. The van der Waals surface area contributed by atoms with Crippen LogP contribution < -0.4 is 0 Å². The van der Waals surface area contributed by atoms with Crippen molar-refractivity contribution < 1.29 is 15.0 Å². The van der Waals surface area contributed by atoms with E-state index >= 15 is 0 Å². The quantitative estimate of drug-likeness (QED) is 0.752. The predicted octanol–water partition coefficient (Wildman–Crippen LogP) is 2.40. The van der Waals surface area contributed by atoms with E-state index in [1.165, 1.54) is 12.1 Å². The van der Waals surface area contributed by atoms with E-state index in [9.17, 15) is 15.0 Å². The molecule has 0 heterocycles. The lowest BCUT2D eigenvalue weighted by molar-refractivity contribution is -0.124. The van der Waals surface area contributed by atoms with Gasteiger partial charge in [0.1, 0.15) is 5.78 Å². The Kier molecular flexibility index (Phi) is 3.13. The van der Waals surface area contributed by atoms with E-state index in [0.717, 1.165) is 24.8 Å². The third kappa shape index (κ3) is 2.35. The summed E-state index contributed by atoms with van der Waals surface area (Å²) in [4.78, 5) is 11.6. The van der Waals surface area contributed by atoms with Gasteiger partial charge in [-0.2, -0.15) is 0 Å². The van der Waals surface area contributed by atoms with Crippen molar-refractivity contribution in [2.75, 3.05) is 0 Å². The monoisotopic (exact) mass is 220 g/mol. The van der Waals surface area contributed by atoms with Crippen molar-refractivity contribution >= 4 is 5.78 Å². The summed E-state index contributed by atoms with van der Waals surface area (Å²) in [5, 5.41) is 18.5. The van der Waals surface area contributed by atoms with Crippen LogP contribution in [0, 0.1) is 5.92 Å². The van der Waals surface area contributed by atoms with E-state index in [2.05, 4.69) is 0 Å². The molecule has 2 N–H and O–H groups in total. The second-order valence-electron chi connectivity index (χ2n) is 4.44. The van der Waals surface area contributed by atoms with E-state index in [-0.39, 0.29) is 17.4 Å². The van der Waals surface area contributed by atoms with Crippen LogP contribution in [0.25, 0.3) is 0 Å². The van der Waals surface area contributed by atoms with Crippen molar-refractivity contribution in [3.63, 3.8) is 0 Å². The second-order valence-corrected chi connectivity index (χ2v) is 4.44. The molecule has 3 nitrogen and oxygen atoms in total. The number of ketones is 1. The summed E-state index contributed by atoms with van der Waals surface area (Å²) in [6.07, 6.45) is 4.43. The van der Waals surface area contributed by atoms with Crippen LogP contribution in [0.2, 0.25) is 0 Å². The van der Waals surface area contributed by atoms with Gasteiger partial charge in [-0.1, -0.05) is 12.5 Å². The first-order valence-corrected chi connectivity index (χ1v) is 5.70. The van der Waals surface area contributed by atoms with Gasteiger partial charge in [0.05, 0.1) is 0 Å². The zero-order valence-electron chi connectivity index (χ0n) is 9.15. The molecule has 2 rings (SSSR count). The molecule has 1 unspecified atom stereocenters. The third-order valence-corrected chi connectivity index (χ3v) is 3.20. The fourth-order valence-corrected chi connectivity index (χ4v) is 2.25. The van der Waals surface area contributed by atoms with Crippen LogP contribution in [-0.4, -0.2) is 16.0 Å². The van der Waals surface area contributed by atoms with Crippen LogP contribution in [0.1, 0.15) is 31.2 Å². The van der Waals surface area contributed by atoms with Gasteiger partial charge in [0, 0.05) is 12.3 Å². The average molecular weight is 220 g/mol. The normalized spacial score (nSPS) is 21.0. The predicted molar refractivity (Wildman–Crippen MR) is 60.4 cm³/mol. The smallest absolute Gasteiger partial charge is 0.157 e. The summed E-state index contributed by atoms with van der Waals surface area (Å²) in [5.41, 5.74) is 0.913. The molecular formula is C13H16O3. The Morgan fingerprint density at radius 3 is 2.69 bits per heavy atom. The number of carbonyl (C=O) groups is 1. The maximum atomic E-state index is 11.6. The minimum Gasteiger partial charge on any atom is -0.504 e. The average Bonchev–Trinajstić information content (AvgIpc) is 2.27. The highest BCUT2D eigenvalue weighted by Gasteiger charge is 2.22. The van der Waals surface area contributed by atoms with Crippen molar-refractivity contribution in [2.24, 2.45) is 5.92 Å². The molecule has 1 aromatic carbocycles. The van der Waals surface area contributed by atoms with E-state index < -0.39 is 0 Å². The summed E-state index contributed by atoms with van der Waals surface area (Å²) in [7, 11) is 0. The van der Waals surface area contributed by atoms with E-state index in [0.29, 0.717) is 18.6 Å². The summed E-state index contributed by atoms with van der Waals surface area (Å²) in [6.45, 7) is 0. The summed E-state index contributed by atoms with van der Waals surface area (Å²) >= 11 is 0. The first kappa shape index (κ1) is 11.0. The van der Waals surface area contributed by atoms with Crippen LogP contribution in [-0.2, 0) is 11.2 Å². The first-order valence-electron chi connectivity index (χ1n) is 5.70. The van der Waals surface area contributed by atoms with Gasteiger partial charge < -0.3 is 10.2 Å². The van der Waals surface area contributed by atoms with Crippen LogP contribution in [0.15, 0.2) is 18.2 Å². The van der Waals surface area contributed by atoms with Gasteiger partial charge in [0.25, 0.3) is 0 Å². The fraction of sp³-hybridized carbons (Fsp3) is 0.462. The van der Waals surface area contributed by atoms with E-state index in [4.69, 9.17) is 0 Å². The molecule has 1 saturated carbocycles. The molecule has 0 saturated heterocycles. The Bertz CT molecular complexity index is 398. The van der Waals surface area contributed by atoms with Crippen LogP contribution in [0.5, 0.6) is 11.5 Å². The molecule has 0 bridgehead atoms. The highest BCUT2D eigenvalue weighted by molar-refractivity contribution is 5.81. The zero-order valence-corrected chi connectivity index (χ0v) is 9.15. The Morgan fingerprint density at radius 2 is 2.00 bits per heavy atom. The number of hydrogen-bond acceptors (Lipinski definition) is 3. The molecule has 0 radical (unpaired) electrons. The molecular weight excluding hydrogens is 204 g/mol. The largest absolute Gasteiger partial charge is 0.504 e. The number of aromatic hydroxyl groups is 2. The van der Waals surface area contributed by atoms with Gasteiger partial charge in [0.2, 0.25) is 0 Å². The Morgan fingerprint density at radius 1 is 1.19 bits per heavy atom. The van der Waals surface area contributed by atoms with E-state index in [1.54, 1.807) is 6.07 Å². The minimum atomic E-state index is -0.112. The molecule has 0 aromatic heterocycles. The van der Waals surface area contributed by atoms with Gasteiger partial charge >= 0.3 is 0 Å². The molecule has 16 heavy (non-hydrogen) atoms. The number of hydrogen-bond donors (Lipinski definition) is 2. The summed E-state index contributed by atoms with van der Waals surface area (Å²) in [5.74, 6) is 0.205. The SMILES string of the molecule is O=C1CCCCC1Cc1ccc(O)c(O)c1. The van der Waals surface area contributed by atoms with Gasteiger partial charge in [-0.25, -0.2) is 0 Å². The molecule has 1 aliphatic carbocycles. The van der Waals surface area contributed by atoms with E-state index in [1.807, 2.05) is 0 Å². The zero-order chi connectivity index (χ0) is 11.5. The topological polar surface area (TPSA) is 57.5 Å². The molecule has 1 aromatic rings. The number of phenolic OH excluding ortho intramolecular Hbond substituents is 2.